The number of pyridine rings is 1. The van der Waals surface area contributed by atoms with Crippen LogP contribution in [0.25, 0.3) is 0 Å². The summed E-state index contributed by atoms with van der Waals surface area (Å²) < 4.78 is 1.01. The van der Waals surface area contributed by atoms with Crippen molar-refractivity contribution in [3.63, 3.8) is 0 Å². The Morgan fingerprint density at radius 2 is 2.28 bits per heavy atom. The highest BCUT2D eigenvalue weighted by molar-refractivity contribution is 9.10. The zero-order chi connectivity index (χ0) is 13.0. The van der Waals surface area contributed by atoms with Crippen LogP contribution in [-0.4, -0.2) is 16.5 Å². The van der Waals surface area contributed by atoms with Gasteiger partial charge in [0, 0.05) is 28.2 Å². The molecule has 2 rings (SSSR count). The quantitative estimate of drug-likeness (QED) is 0.914. The normalized spacial score (nSPS) is 12.6. The second kappa shape index (κ2) is 6.41. The maximum absolute atomic E-state index is 4.52. The third-order valence-electron chi connectivity index (χ3n) is 2.60. The molecule has 0 radical (unpaired) electrons. The zero-order valence-corrected chi connectivity index (χ0v) is 12.9. The lowest BCUT2D eigenvalue weighted by atomic mass is 10.1. The van der Waals surface area contributed by atoms with Crippen LogP contribution in [0.1, 0.15) is 29.4 Å². The Balaban J connectivity index is 2.14. The number of rotatable bonds is 5. The van der Waals surface area contributed by atoms with Gasteiger partial charge in [0.15, 0.2) is 0 Å². The molecule has 0 aliphatic carbocycles. The summed E-state index contributed by atoms with van der Waals surface area (Å²) in [4.78, 5) is 8.98. The Bertz CT molecular complexity index is 495. The molecule has 0 fully saturated rings. The minimum Gasteiger partial charge on any atom is -0.309 e. The summed E-state index contributed by atoms with van der Waals surface area (Å²) in [6.07, 6.45) is 2.73. The van der Waals surface area contributed by atoms with Gasteiger partial charge in [-0.1, -0.05) is 6.92 Å². The lowest BCUT2D eigenvalue weighted by molar-refractivity contribution is 0.535. The van der Waals surface area contributed by atoms with Crippen molar-refractivity contribution in [2.75, 3.05) is 6.54 Å². The molecule has 5 heteroatoms. The summed E-state index contributed by atoms with van der Waals surface area (Å²) in [7, 11) is 0. The number of hydrogen-bond acceptors (Lipinski definition) is 4. The molecule has 2 aromatic heterocycles. The van der Waals surface area contributed by atoms with E-state index in [1.807, 2.05) is 19.2 Å². The number of likely N-dealkylation sites (N-methyl/N-ethyl adjacent to an activating group) is 1. The summed E-state index contributed by atoms with van der Waals surface area (Å²) >= 11 is 5.12. The first-order valence-corrected chi connectivity index (χ1v) is 7.62. The Labute approximate surface area is 120 Å². The van der Waals surface area contributed by atoms with Crippen molar-refractivity contribution in [1.29, 1.82) is 0 Å². The highest BCUT2D eigenvalue weighted by Crippen LogP contribution is 2.20. The Kier molecular flexibility index (Phi) is 4.86. The van der Waals surface area contributed by atoms with Crippen molar-refractivity contribution >= 4 is 27.3 Å². The minimum absolute atomic E-state index is 0.230. The number of thiazole rings is 1. The van der Waals surface area contributed by atoms with Crippen LogP contribution in [-0.2, 0) is 6.42 Å². The summed E-state index contributed by atoms with van der Waals surface area (Å²) in [5, 5.41) is 6.71. The van der Waals surface area contributed by atoms with Gasteiger partial charge in [0.05, 0.1) is 16.7 Å². The second-order valence-corrected chi connectivity index (χ2v) is 5.96. The van der Waals surface area contributed by atoms with E-state index in [4.69, 9.17) is 0 Å². The lowest BCUT2D eigenvalue weighted by Crippen LogP contribution is -2.23. The van der Waals surface area contributed by atoms with E-state index in [9.17, 15) is 0 Å². The van der Waals surface area contributed by atoms with Crippen molar-refractivity contribution in [1.82, 2.24) is 15.3 Å². The standard InChI is InChI=1S/C13H16BrN3S/c1-3-15-12(6-13-17-9(2)8-18-13)11-5-4-10(14)7-16-11/h4-5,7-8,12,15H,3,6H2,1-2H3. The molecule has 1 atom stereocenters. The molecule has 18 heavy (non-hydrogen) atoms. The van der Waals surface area contributed by atoms with Gasteiger partial charge in [-0.3, -0.25) is 4.98 Å². The van der Waals surface area contributed by atoms with Crippen LogP contribution in [0.15, 0.2) is 28.2 Å². The smallest absolute Gasteiger partial charge is 0.0947 e. The highest BCUT2D eigenvalue weighted by Gasteiger charge is 2.14. The van der Waals surface area contributed by atoms with E-state index in [-0.39, 0.29) is 6.04 Å². The first kappa shape index (κ1) is 13.6. The first-order valence-electron chi connectivity index (χ1n) is 5.95. The number of nitrogens with zero attached hydrogens (tertiary/aromatic N) is 2. The van der Waals surface area contributed by atoms with Crippen LogP contribution in [0.4, 0.5) is 0 Å². The zero-order valence-electron chi connectivity index (χ0n) is 10.5. The van der Waals surface area contributed by atoms with Crippen molar-refractivity contribution in [3.05, 3.63) is 44.6 Å². The van der Waals surface area contributed by atoms with Crippen LogP contribution in [0, 0.1) is 6.92 Å². The summed E-state index contributed by atoms with van der Waals surface area (Å²) in [5.74, 6) is 0. The van der Waals surface area contributed by atoms with E-state index >= 15 is 0 Å². The Morgan fingerprint density at radius 3 is 2.83 bits per heavy atom. The van der Waals surface area contributed by atoms with Crippen LogP contribution in [0.3, 0.4) is 0 Å². The topological polar surface area (TPSA) is 37.8 Å². The molecule has 0 aliphatic heterocycles. The number of halogens is 1. The number of nitrogens with one attached hydrogen (secondary N) is 1. The predicted octanol–water partition coefficient (Wildman–Crippen LogP) is 3.50. The monoisotopic (exact) mass is 325 g/mol. The van der Waals surface area contributed by atoms with E-state index in [0.29, 0.717) is 0 Å². The van der Waals surface area contributed by atoms with E-state index in [2.05, 4.69) is 49.6 Å². The average molecular weight is 326 g/mol. The molecule has 0 saturated carbocycles. The van der Waals surface area contributed by atoms with Crippen LogP contribution >= 0.6 is 27.3 Å². The molecule has 2 aromatic rings. The molecule has 0 aliphatic rings. The third-order valence-corrected chi connectivity index (χ3v) is 4.06. The molecule has 0 spiro atoms. The molecular weight excluding hydrogens is 310 g/mol. The van der Waals surface area contributed by atoms with Gasteiger partial charge >= 0.3 is 0 Å². The van der Waals surface area contributed by atoms with Gasteiger partial charge in [-0.15, -0.1) is 11.3 Å². The van der Waals surface area contributed by atoms with Gasteiger partial charge in [0.25, 0.3) is 0 Å². The molecule has 3 nitrogen and oxygen atoms in total. The lowest BCUT2D eigenvalue weighted by Gasteiger charge is -2.16. The van der Waals surface area contributed by atoms with Gasteiger partial charge in [-0.2, -0.15) is 0 Å². The molecule has 2 heterocycles. The van der Waals surface area contributed by atoms with Crippen molar-refractivity contribution in [2.24, 2.45) is 0 Å². The van der Waals surface area contributed by atoms with E-state index in [1.165, 1.54) is 0 Å². The number of hydrogen-bond donors (Lipinski definition) is 1. The minimum atomic E-state index is 0.230. The molecular formula is C13H16BrN3S. The SMILES string of the molecule is CCNC(Cc1nc(C)cs1)c1ccc(Br)cn1. The molecule has 0 bridgehead atoms. The molecule has 1 N–H and O–H groups in total. The van der Waals surface area contributed by atoms with Crippen molar-refractivity contribution in [3.8, 4) is 0 Å². The summed E-state index contributed by atoms with van der Waals surface area (Å²) in [5.41, 5.74) is 2.15. The fraction of sp³-hybridized carbons (Fsp3) is 0.385. The largest absolute Gasteiger partial charge is 0.309 e. The van der Waals surface area contributed by atoms with Gasteiger partial charge in [-0.25, -0.2) is 4.98 Å². The van der Waals surface area contributed by atoms with Crippen LogP contribution in [0.5, 0.6) is 0 Å². The van der Waals surface area contributed by atoms with E-state index < -0.39 is 0 Å². The average Bonchev–Trinajstić information content (AvgIpc) is 2.75. The van der Waals surface area contributed by atoms with Crippen LogP contribution < -0.4 is 5.32 Å². The fourth-order valence-electron chi connectivity index (χ4n) is 1.79. The van der Waals surface area contributed by atoms with Crippen molar-refractivity contribution in [2.45, 2.75) is 26.3 Å². The first-order chi connectivity index (χ1) is 8.69. The Morgan fingerprint density at radius 1 is 1.44 bits per heavy atom. The predicted molar refractivity (Wildman–Crippen MR) is 78.9 cm³/mol. The number of aryl methyl sites for hydroxylation is 1. The Hall–Kier alpha value is -0.780. The second-order valence-electron chi connectivity index (χ2n) is 4.10. The summed E-state index contributed by atoms with van der Waals surface area (Å²) in [6.45, 7) is 5.06. The van der Waals surface area contributed by atoms with Crippen LogP contribution in [0.2, 0.25) is 0 Å². The molecule has 0 saturated heterocycles. The van der Waals surface area contributed by atoms with Gasteiger partial charge in [0.2, 0.25) is 0 Å². The van der Waals surface area contributed by atoms with E-state index in [1.54, 1.807) is 11.3 Å². The molecule has 96 valence electrons. The van der Waals surface area contributed by atoms with Crippen molar-refractivity contribution < 1.29 is 0 Å². The molecule has 0 amide bonds. The van der Waals surface area contributed by atoms with Gasteiger partial charge in [-0.05, 0) is 41.5 Å². The fourth-order valence-corrected chi connectivity index (χ4v) is 2.85. The van der Waals surface area contributed by atoms with E-state index in [0.717, 1.165) is 33.8 Å². The highest BCUT2D eigenvalue weighted by atomic mass is 79.9. The number of aromatic nitrogens is 2. The third kappa shape index (κ3) is 3.60. The maximum Gasteiger partial charge on any atom is 0.0947 e. The molecule has 1 unspecified atom stereocenters. The molecule has 0 aromatic carbocycles. The van der Waals surface area contributed by atoms with Gasteiger partial charge in [0.1, 0.15) is 0 Å². The summed E-state index contributed by atoms with van der Waals surface area (Å²) in [6, 6.07) is 4.31. The van der Waals surface area contributed by atoms with Gasteiger partial charge < -0.3 is 5.32 Å². The maximum atomic E-state index is 4.52.